The third-order valence-electron chi connectivity index (χ3n) is 5.92. The van der Waals surface area contributed by atoms with Crippen molar-refractivity contribution in [3.05, 3.63) is 59.8 Å². The highest BCUT2D eigenvalue weighted by atomic mass is 16.5. The molecule has 136 valence electrons. The van der Waals surface area contributed by atoms with Crippen molar-refractivity contribution in [2.24, 2.45) is 5.41 Å². The van der Waals surface area contributed by atoms with E-state index in [1.54, 1.807) is 13.3 Å². The van der Waals surface area contributed by atoms with E-state index in [-0.39, 0.29) is 17.2 Å². The maximum atomic E-state index is 13.1. The van der Waals surface area contributed by atoms with Crippen molar-refractivity contribution in [3.8, 4) is 5.88 Å². The van der Waals surface area contributed by atoms with Crippen molar-refractivity contribution >= 4 is 5.91 Å². The van der Waals surface area contributed by atoms with E-state index in [1.165, 1.54) is 5.56 Å². The monoisotopic (exact) mass is 351 g/mol. The van der Waals surface area contributed by atoms with Crippen LogP contribution in [-0.2, 0) is 11.3 Å². The third-order valence-corrected chi connectivity index (χ3v) is 5.92. The fourth-order valence-electron chi connectivity index (χ4n) is 4.65. The van der Waals surface area contributed by atoms with E-state index in [9.17, 15) is 4.79 Å². The summed E-state index contributed by atoms with van der Waals surface area (Å²) in [6.07, 6.45) is 2.65. The molecule has 2 aromatic rings. The summed E-state index contributed by atoms with van der Waals surface area (Å²) in [5.41, 5.74) is 2.03. The first kappa shape index (κ1) is 17.0. The zero-order valence-electron chi connectivity index (χ0n) is 15.4. The molecule has 26 heavy (non-hydrogen) atoms. The van der Waals surface area contributed by atoms with Gasteiger partial charge in [0.05, 0.1) is 12.5 Å². The Hall–Kier alpha value is -2.40. The summed E-state index contributed by atoms with van der Waals surface area (Å²) < 4.78 is 5.39. The predicted octanol–water partition coefficient (Wildman–Crippen LogP) is 2.54. The summed E-state index contributed by atoms with van der Waals surface area (Å²) in [6.45, 7) is 3.26. The number of benzene rings is 1. The molecule has 3 heterocycles. The number of carbonyl (C=O) groups is 1. The van der Waals surface area contributed by atoms with Crippen molar-refractivity contribution < 1.29 is 9.53 Å². The minimum Gasteiger partial charge on any atom is -0.481 e. The zero-order chi connectivity index (χ0) is 18.1. The standard InChI is InChI=1S/C21H25N3O2/c1-23-14-18(16-7-4-3-5-8-16)21(20(23)25)10-12-24(15-21)13-17-9-6-11-22-19(17)26-2/h3-9,11,18H,10,12-15H2,1-2H3/t18-,21+/m1/s1. The Morgan fingerprint density at radius 1 is 1.23 bits per heavy atom. The van der Waals surface area contributed by atoms with E-state index in [2.05, 4.69) is 34.1 Å². The van der Waals surface area contributed by atoms with Gasteiger partial charge in [-0.1, -0.05) is 36.4 Å². The van der Waals surface area contributed by atoms with Gasteiger partial charge in [-0.15, -0.1) is 0 Å². The molecule has 0 radical (unpaired) electrons. The van der Waals surface area contributed by atoms with Gasteiger partial charge in [0, 0.05) is 44.4 Å². The van der Waals surface area contributed by atoms with Gasteiger partial charge in [-0.3, -0.25) is 9.69 Å². The van der Waals surface area contributed by atoms with Crippen LogP contribution in [0, 0.1) is 5.41 Å². The lowest BCUT2D eigenvalue weighted by atomic mass is 9.73. The molecule has 2 atom stereocenters. The average Bonchev–Trinajstić information content (AvgIpc) is 3.20. The first-order valence-electron chi connectivity index (χ1n) is 9.15. The molecule has 1 aromatic heterocycles. The summed E-state index contributed by atoms with van der Waals surface area (Å²) in [6, 6.07) is 14.5. The SMILES string of the molecule is COc1ncccc1CN1CC[C@@]2(C1)C(=O)N(C)C[C@@H]2c1ccccc1. The van der Waals surface area contributed by atoms with Crippen molar-refractivity contribution in [1.29, 1.82) is 0 Å². The lowest BCUT2D eigenvalue weighted by Crippen LogP contribution is -2.37. The number of pyridine rings is 1. The molecule has 1 amide bonds. The molecule has 2 aliphatic rings. The van der Waals surface area contributed by atoms with E-state index in [1.807, 2.05) is 30.1 Å². The maximum absolute atomic E-state index is 13.1. The molecule has 1 spiro atoms. The lowest BCUT2D eigenvalue weighted by Gasteiger charge is -2.29. The first-order valence-corrected chi connectivity index (χ1v) is 9.15. The number of hydrogen-bond donors (Lipinski definition) is 0. The Morgan fingerprint density at radius 3 is 2.81 bits per heavy atom. The topological polar surface area (TPSA) is 45.7 Å². The van der Waals surface area contributed by atoms with Crippen LogP contribution in [0.25, 0.3) is 0 Å². The van der Waals surface area contributed by atoms with Crippen LogP contribution >= 0.6 is 0 Å². The molecular weight excluding hydrogens is 326 g/mol. The van der Waals surface area contributed by atoms with Crippen LogP contribution in [0.15, 0.2) is 48.7 Å². The molecular formula is C21H25N3O2. The molecule has 0 N–H and O–H groups in total. The number of hydrogen-bond acceptors (Lipinski definition) is 4. The van der Waals surface area contributed by atoms with Crippen LogP contribution in [0.4, 0.5) is 0 Å². The number of likely N-dealkylation sites (tertiary alicyclic amines) is 2. The van der Waals surface area contributed by atoms with Gasteiger partial charge in [0.1, 0.15) is 0 Å². The minimum atomic E-state index is -0.314. The van der Waals surface area contributed by atoms with Crippen LogP contribution < -0.4 is 4.74 Å². The smallest absolute Gasteiger partial charge is 0.230 e. The summed E-state index contributed by atoms with van der Waals surface area (Å²) >= 11 is 0. The van der Waals surface area contributed by atoms with Gasteiger partial charge < -0.3 is 9.64 Å². The van der Waals surface area contributed by atoms with Crippen molar-refractivity contribution in [2.75, 3.05) is 33.8 Å². The van der Waals surface area contributed by atoms with Crippen LogP contribution in [0.2, 0.25) is 0 Å². The molecule has 2 saturated heterocycles. The third kappa shape index (κ3) is 2.76. The number of likely N-dealkylation sites (N-methyl/N-ethyl adjacent to an activating group) is 1. The molecule has 5 nitrogen and oxygen atoms in total. The Kier molecular flexibility index (Phi) is 4.41. The number of carbonyl (C=O) groups excluding carboxylic acids is 1. The van der Waals surface area contributed by atoms with Gasteiger partial charge in [0.2, 0.25) is 11.8 Å². The largest absolute Gasteiger partial charge is 0.481 e. The van der Waals surface area contributed by atoms with Gasteiger partial charge in [-0.2, -0.15) is 0 Å². The number of aromatic nitrogens is 1. The van der Waals surface area contributed by atoms with Crippen molar-refractivity contribution in [2.45, 2.75) is 18.9 Å². The number of ether oxygens (including phenoxy) is 1. The van der Waals surface area contributed by atoms with Crippen molar-refractivity contribution in [3.63, 3.8) is 0 Å². The molecule has 5 heteroatoms. The van der Waals surface area contributed by atoms with E-state index in [0.717, 1.165) is 38.2 Å². The predicted molar refractivity (Wildman–Crippen MR) is 99.9 cm³/mol. The van der Waals surface area contributed by atoms with E-state index in [4.69, 9.17) is 4.74 Å². The molecule has 4 rings (SSSR count). The van der Waals surface area contributed by atoms with E-state index >= 15 is 0 Å². The number of rotatable bonds is 4. The van der Waals surface area contributed by atoms with Gasteiger partial charge >= 0.3 is 0 Å². The average molecular weight is 351 g/mol. The molecule has 0 saturated carbocycles. The quantitative estimate of drug-likeness (QED) is 0.849. The molecule has 0 aliphatic carbocycles. The first-order chi connectivity index (χ1) is 12.6. The van der Waals surface area contributed by atoms with Crippen LogP contribution in [0.3, 0.4) is 0 Å². The minimum absolute atomic E-state index is 0.252. The second-order valence-corrected chi connectivity index (χ2v) is 7.44. The van der Waals surface area contributed by atoms with E-state index in [0.29, 0.717) is 5.88 Å². The molecule has 2 aliphatic heterocycles. The molecule has 0 bridgehead atoms. The Morgan fingerprint density at radius 2 is 2.04 bits per heavy atom. The molecule has 0 unspecified atom stereocenters. The summed E-state index contributed by atoms with van der Waals surface area (Å²) in [5.74, 6) is 1.21. The number of amides is 1. The zero-order valence-corrected chi connectivity index (χ0v) is 15.4. The van der Waals surface area contributed by atoms with E-state index < -0.39 is 0 Å². The number of nitrogens with zero attached hydrogens (tertiary/aromatic N) is 3. The van der Waals surface area contributed by atoms with Crippen LogP contribution in [0.1, 0.15) is 23.5 Å². The fourth-order valence-corrected chi connectivity index (χ4v) is 4.65. The molecule has 1 aromatic carbocycles. The summed E-state index contributed by atoms with van der Waals surface area (Å²) in [5, 5.41) is 0. The lowest BCUT2D eigenvalue weighted by molar-refractivity contribution is -0.134. The summed E-state index contributed by atoms with van der Waals surface area (Å²) in [7, 11) is 3.58. The van der Waals surface area contributed by atoms with Crippen LogP contribution in [0.5, 0.6) is 5.88 Å². The number of methoxy groups -OCH3 is 1. The Bertz CT molecular complexity index is 795. The highest BCUT2D eigenvalue weighted by molar-refractivity contribution is 5.87. The Balaban J connectivity index is 1.59. The van der Waals surface area contributed by atoms with Crippen molar-refractivity contribution in [1.82, 2.24) is 14.8 Å². The fraction of sp³-hybridized carbons (Fsp3) is 0.429. The normalized spacial score (nSPS) is 26.0. The second-order valence-electron chi connectivity index (χ2n) is 7.44. The van der Waals surface area contributed by atoms with Gasteiger partial charge in [0.25, 0.3) is 0 Å². The van der Waals surface area contributed by atoms with Gasteiger partial charge in [-0.25, -0.2) is 4.98 Å². The second kappa shape index (κ2) is 6.72. The summed E-state index contributed by atoms with van der Waals surface area (Å²) in [4.78, 5) is 21.7. The van der Waals surface area contributed by atoms with Gasteiger partial charge in [0.15, 0.2) is 0 Å². The maximum Gasteiger partial charge on any atom is 0.230 e. The Labute approximate surface area is 154 Å². The highest BCUT2D eigenvalue weighted by Gasteiger charge is 2.56. The highest BCUT2D eigenvalue weighted by Crippen LogP contribution is 2.49. The van der Waals surface area contributed by atoms with Crippen LogP contribution in [-0.4, -0.2) is 54.5 Å². The molecule has 2 fully saturated rings. The van der Waals surface area contributed by atoms with Gasteiger partial charge in [-0.05, 0) is 24.6 Å².